The van der Waals surface area contributed by atoms with E-state index in [4.69, 9.17) is 0 Å². The lowest BCUT2D eigenvalue weighted by Crippen LogP contribution is -2.53. The predicted octanol–water partition coefficient (Wildman–Crippen LogP) is 1.95. The molecule has 8 heteroatoms. The van der Waals surface area contributed by atoms with Crippen LogP contribution in [0.4, 0.5) is 14.9 Å². The SMILES string of the molecule is O=C(CN1C(=O)NC2(CCc3ccccc3C2)C1=O)N1CCN(c2ccccc2F)CC1. The first kappa shape index (κ1) is 20.5. The largest absolute Gasteiger partial charge is 0.366 e. The average molecular weight is 436 g/mol. The molecule has 2 aromatic carbocycles. The zero-order valence-electron chi connectivity index (χ0n) is 17.7. The molecule has 7 nitrogen and oxygen atoms in total. The van der Waals surface area contributed by atoms with E-state index in [1.165, 1.54) is 11.6 Å². The van der Waals surface area contributed by atoms with Crippen LogP contribution in [0.3, 0.4) is 0 Å². The summed E-state index contributed by atoms with van der Waals surface area (Å²) >= 11 is 0. The van der Waals surface area contributed by atoms with E-state index in [1.807, 2.05) is 29.2 Å². The molecule has 3 aliphatic rings. The molecular formula is C24H25FN4O3. The van der Waals surface area contributed by atoms with Gasteiger partial charge in [-0.3, -0.25) is 14.5 Å². The van der Waals surface area contributed by atoms with Crippen LogP contribution in [-0.4, -0.2) is 65.9 Å². The first-order valence-electron chi connectivity index (χ1n) is 10.9. The van der Waals surface area contributed by atoms with Crippen molar-refractivity contribution in [2.45, 2.75) is 24.8 Å². The maximum atomic E-state index is 14.0. The number of fused-ring (bicyclic) bond motifs is 1. The summed E-state index contributed by atoms with van der Waals surface area (Å²) in [4.78, 5) is 43.3. The minimum atomic E-state index is -0.963. The number of benzene rings is 2. The molecule has 0 saturated carbocycles. The Morgan fingerprint density at radius 1 is 0.969 bits per heavy atom. The van der Waals surface area contributed by atoms with Crippen molar-refractivity contribution in [1.29, 1.82) is 0 Å². The van der Waals surface area contributed by atoms with Crippen molar-refractivity contribution in [1.82, 2.24) is 15.1 Å². The van der Waals surface area contributed by atoms with Crippen molar-refractivity contribution < 1.29 is 18.8 Å². The second kappa shape index (κ2) is 7.93. The summed E-state index contributed by atoms with van der Waals surface area (Å²) in [6.07, 6.45) is 1.68. The quantitative estimate of drug-likeness (QED) is 0.747. The smallest absolute Gasteiger partial charge is 0.325 e. The number of imide groups is 1. The summed E-state index contributed by atoms with van der Waals surface area (Å²) in [6, 6.07) is 14.0. The summed E-state index contributed by atoms with van der Waals surface area (Å²) in [5.41, 5.74) is 1.82. The number of hydrogen-bond donors (Lipinski definition) is 1. The van der Waals surface area contributed by atoms with Crippen LogP contribution >= 0.6 is 0 Å². The van der Waals surface area contributed by atoms with Gasteiger partial charge in [-0.05, 0) is 36.1 Å². The van der Waals surface area contributed by atoms with Gasteiger partial charge >= 0.3 is 6.03 Å². The number of nitrogens with zero attached hydrogens (tertiary/aromatic N) is 3. The Hall–Kier alpha value is -3.42. The van der Waals surface area contributed by atoms with E-state index >= 15 is 0 Å². The fourth-order valence-corrected chi connectivity index (χ4v) is 4.98. The molecular weight excluding hydrogens is 411 g/mol. The predicted molar refractivity (Wildman–Crippen MR) is 117 cm³/mol. The molecule has 32 heavy (non-hydrogen) atoms. The zero-order valence-corrected chi connectivity index (χ0v) is 17.7. The number of amides is 4. The van der Waals surface area contributed by atoms with Gasteiger partial charge in [-0.15, -0.1) is 0 Å². The van der Waals surface area contributed by atoms with E-state index in [1.54, 1.807) is 23.1 Å². The molecule has 1 N–H and O–H groups in total. The monoisotopic (exact) mass is 436 g/mol. The van der Waals surface area contributed by atoms with Crippen LogP contribution in [-0.2, 0) is 22.4 Å². The number of hydrogen-bond acceptors (Lipinski definition) is 4. The van der Waals surface area contributed by atoms with Gasteiger partial charge in [0.15, 0.2) is 0 Å². The molecule has 1 aliphatic carbocycles. The number of urea groups is 1. The minimum absolute atomic E-state index is 0.269. The third-order valence-electron chi connectivity index (χ3n) is 6.80. The molecule has 2 heterocycles. The van der Waals surface area contributed by atoms with Gasteiger partial charge < -0.3 is 15.1 Å². The van der Waals surface area contributed by atoms with Gasteiger partial charge in [0.2, 0.25) is 5.91 Å². The van der Waals surface area contributed by atoms with E-state index in [-0.39, 0.29) is 24.2 Å². The van der Waals surface area contributed by atoms with Crippen LogP contribution < -0.4 is 10.2 Å². The fourth-order valence-electron chi connectivity index (χ4n) is 4.98. The summed E-state index contributed by atoms with van der Waals surface area (Å²) in [5, 5.41) is 2.87. The Morgan fingerprint density at radius 2 is 1.66 bits per heavy atom. The van der Waals surface area contributed by atoms with Crippen molar-refractivity contribution in [2.24, 2.45) is 0 Å². The van der Waals surface area contributed by atoms with Crippen LogP contribution in [0, 0.1) is 5.82 Å². The molecule has 2 fully saturated rings. The molecule has 1 atom stereocenters. The average Bonchev–Trinajstić information content (AvgIpc) is 3.03. The van der Waals surface area contributed by atoms with E-state index in [0.717, 1.165) is 10.5 Å². The summed E-state index contributed by atoms with van der Waals surface area (Å²) < 4.78 is 14.0. The highest BCUT2D eigenvalue weighted by Crippen LogP contribution is 2.33. The standard InChI is InChI=1S/C24H25FN4O3/c25-19-7-3-4-8-20(19)27-11-13-28(14-12-27)21(30)16-29-22(31)24(26-23(29)32)10-9-17-5-1-2-6-18(17)15-24/h1-8H,9-16H2,(H,26,32). The molecule has 5 rings (SSSR count). The Bertz CT molecular complexity index is 1080. The van der Waals surface area contributed by atoms with Gasteiger partial charge in [0.25, 0.3) is 5.91 Å². The van der Waals surface area contributed by atoms with E-state index in [0.29, 0.717) is 51.1 Å². The van der Waals surface area contributed by atoms with Crippen molar-refractivity contribution in [2.75, 3.05) is 37.6 Å². The number of rotatable bonds is 3. The Balaban J connectivity index is 1.22. The lowest BCUT2D eigenvalue weighted by Gasteiger charge is -2.36. The van der Waals surface area contributed by atoms with Gasteiger partial charge in [-0.25, -0.2) is 9.18 Å². The Morgan fingerprint density at radius 3 is 2.41 bits per heavy atom. The molecule has 0 aromatic heterocycles. The number of carbonyl (C=O) groups is 3. The highest BCUT2D eigenvalue weighted by molar-refractivity contribution is 6.09. The van der Waals surface area contributed by atoms with Crippen LogP contribution in [0.15, 0.2) is 48.5 Å². The van der Waals surface area contributed by atoms with Crippen LogP contribution in [0.5, 0.6) is 0 Å². The lowest BCUT2D eigenvalue weighted by atomic mass is 9.78. The van der Waals surface area contributed by atoms with Gasteiger partial charge in [0.05, 0.1) is 5.69 Å². The van der Waals surface area contributed by atoms with Crippen molar-refractivity contribution >= 4 is 23.5 Å². The molecule has 0 radical (unpaired) electrons. The maximum absolute atomic E-state index is 14.0. The van der Waals surface area contributed by atoms with Crippen LogP contribution in [0.25, 0.3) is 0 Å². The number of piperazine rings is 1. The van der Waals surface area contributed by atoms with Gasteiger partial charge in [0, 0.05) is 32.6 Å². The lowest BCUT2D eigenvalue weighted by molar-refractivity contribution is -0.139. The van der Waals surface area contributed by atoms with Crippen LogP contribution in [0.1, 0.15) is 17.5 Å². The second-order valence-corrected chi connectivity index (χ2v) is 8.67. The molecule has 0 bridgehead atoms. The fraction of sp³-hybridized carbons (Fsp3) is 0.375. The molecule has 2 saturated heterocycles. The third kappa shape index (κ3) is 3.49. The molecule has 4 amide bonds. The Kier molecular flexibility index (Phi) is 5.07. The molecule has 2 aliphatic heterocycles. The summed E-state index contributed by atoms with van der Waals surface area (Å²) in [7, 11) is 0. The maximum Gasteiger partial charge on any atom is 0.325 e. The number of aryl methyl sites for hydroxylation is 1. The van der Waals surface area contributed by atoms with Gasteiger partial charge in [0.1, 0.15) is 17.9 Å². The summed E-state index contributed by atoms with van der Waals surface area (Å²) in [5.74, 6) is -0.878. The van der Waals surface area contributed by atoms with E-state index in [9.17, 15) is 18.8 Å². The molecule has 1 spiro atoms. The van der Waals surface area contributed by atoms with Crippen LogP contribution in [0.2, 0.25) is 0 Å². The Labute approximate surface area is 185 Å². The molecule has 2 aromatic rings. The van der Waals surface area contributed by atoms with E-state index < -0.39 is 11.6 Å². The highest BCUT2D eigenvalue weighted by atomic mass is 19.1. The number of para-hydroxylation sites is 1. The van der Waals surface area contributed by atoms with Gasteiger partial charge in [-0.2, -0.15) is 0 Å². The van der Waals surface area contributed by atoms with E-state index in [2.05, 4.69) is 5.32 Å². The number of anilines is 1. The van der Waals surface area contributed by atoms with Crippen molar-refractivity contribution in [3.8, 4) is 0 Å². The minimum Gasteiger partial charge on any atom is -0.366 e. The number of carbonyl (C=O) groups excluding carboxylic acids is 3. The zero-order chi connectivity index (χ0) is 22.3. The molecule has 166 valence electrons. The third-order valence-corrected chi connectivity index (χ3v) is 6.80. The van der Waals surface area contributed by atoms with Crippen molar-refractivity contribution in [3.05, 3.63) is 65.5 Å². The normalized spacial score (nSPS) is 22.8. The highest BCUT2D eigenvalue weighted by Gasteiger charge is 2.52. The topological polar surface area (TPSA) is 73.0 Å². The summed E-state index contributed by atoms with van der Waals surface area (Å²) in [6.45, 7) is 1.54. The first-order chi connectivity index (χ1) is 15.5. The van der Waals surface area contributed by atoms with Crippen molar-refractivity contribution in [3.63, 3.8) is 0 Å². The molecule has 1 unspecified atom stereocenters. The second-order valence-electron chi connectivity index (χ2n) is 8.67. The van der Waals surface area contributed by atoms with Gasteiger partial charge in [-0.1, -0.05) is 36.4 Å². The number of nitrogens with one attached hydrogen (secondary N) is 1. The first-order valence-corrected chi connectivity index (χ1v) is 10.9. The number of halogens is 1.